The number of hydrogen-bond acceptors (Lipinski definition) is 2. The van der Waals surface area contributed by atoms with E-state index in [4.69, 9.17) is 5.73 Å². The van der Waals surface area contributed by atoms with E-state index in [1.165, 1.54) is 6.07 Å². The van der Waals surface area contributed by atoms with Crippen molar-refractivity contribution in [3.63, 3.8) is 0 Å². The van der Waals surface area contributed by atoms with Gasteiger partial charge in [-0.15, -0.1) is 0 Å². The fraction of sp³-hybridized carbons (Fsp3) is 0.467. The predicted molar refractivity (Wildman–Crippen MR) is 73.3 cm³/mol. The fourth-order valence-corrected chi connectivity index (χ4v) is 2.46. The minimum Gasteiger partial charge on any atom is -0.368 e. The number of halogens is 1. The average molecular weight is 278 g/mol. The molecule has 3 N–H and O–H groups in total. The number of nitrogens with two attached hydrogens (primary N) is 1. The van der Waals surface area contributed by atoms with Crippen LogP contribution >= 0.6 is 0 Å². The summed E-state index contributed by atoms with van der Waals surface area (Å²) in [6.07, 6.45) is 2.02. The zero-order chi connectivity index (χ0) is 15.0. The summed E-state index contributed by atoms with van der Waals surface area (Å²) in [5.41, 5.74) is 3.63. The highest BCUT2D eigenvalue weighted by molar-refractivity contribution is 5.95. The van der Waals surface area contributed by atoms with E-state index in [-0.39, 0.29) is 11.7 Å². The van der Waals surface area contributed by atoms with Crippen molar-refractivity contribution in [3.05, 3.63) is 35.6 Å². The van der Waals surface area contributed by atoms with Crippen LogP contribution in [0.2, 0.25) is 0 Å². The van der Waals surface area contributed by atoms with E-state index in [1.807, 2.05) is 0 Å². The Balaban J connectivity index is 2.31. The first-order valence-electron chi connectivity index (χ1n) is 6.67. The number of nitrogens with one attached hydrogen (secondary N) is 1. The zero-order valence-electron chi connectivity index (χ0n) is 11.7. The summed E-state index contributed by atoms with van der Waals surface area (Å²) in [5, 5.41) is 2.64. The lowest BCUT2D eigenvalue weighted by atomic mass is 9.63. The standard InChI is InChI=1S/C15H19FN2O2/c1-14(2,12(17)19)18-13(20)15(8-5-9-15)10-6-3-4-7-11(10)16/h3-4,6-7H,5,8-9H2,1-2H3,(H2,17,19)(H,18,20). The van der Waals surface area contributed by atoms with Gasteiger partial charge in [-0.1, -0.05) is 24.6 Å². The first-order valence-corrected chi connectivity index (χ1v) is 6.67. The van der Waals surface area contributed by atoms with Gasteiger partial charge >= 0.3 is 0 Å². The van der Waals surface area contributed by atoms with Gasteiger partial charge in [-0.25, -0.2) is 4.39 Å². The first-order chi connectivity index (χ1) is 9.29. The number of carbonyl (C=O) groups excluding carboxylic acids is 2. The molecule has 0 aromatic heterocycles. The fourth-order valence-electron chi connectivity index (χ4n) is 2.46. The molecule has 0 unspecified atom stereocenters. The number of primary amides is 1. The van der Waals surface area contributed by atoms with Gasteiger partial charge in [0.2, 0.25) is 11.8 Å². The van der Waals surface area contributed by atoms with Crippen LogP contribution in [0.1, 0.15) is 38.7 Å². The van der Waals surface area contributed by atoms with Crippen LogP contribution in [-0.2, 0) is 15.0 Å². The van der Waals surface area contributed by atoms with Gasteiger partial charge in [0.1, 0.15) is 11.4 Å². The molecule has 1 aromatic rings. The van der Waals surface area contributed by atoms with Crippen molar-refractivity contribution in [1.82, 2.24) is 5.32 Å². The van der Waals surface area contributed by atoms with Crippen molar-refractivity contribution >= 4 is 11.8 Å². The van der Waals surface area contributed by atoms with Crippen molar-refractivity contribution in [3.8, 4) is 0 Å². The maximum absolute atomic E-state index is 14.0. The molecule has 1 aliphatic rings. The third-order valence-electron chi connectivity index (χ3n) is 4.07. The van der Waals surface area contributed by atoms with Gasteiger partial charge in [-0.05, 0) is 32.8 Å². The van der Waals surface area contributed by atoms with Crippen molar-refractivity contribution in [2.75, 3.05) is 0 Å². The Morgan fingerprint density at radius 1 is 1.30 bits per heavy atom. The van der Waals surface area contributed by atoms with E-state index in [1.54, 1.807) is 32.0 Å². The number of carbonyl (C=O) groups is 2. The summed E-state index contributed by atoms with van der Waals surface area (Å²) in [4.78, 5) is 23.9. The van der Waals surface area contributed by atoms with Gasteiger partial charge in [0.15, 0.2) is 0 Å². The quantitative estimate of drug-likeness (QED) is 0.878. The molecule has 5 heteroatoms. The Labute approximate surface area is 117 Å². The zero-order valence-corrected chi connectivity index (χ0v) is 11.7. The lowest BCUT2D eigenvalue weighted by Crippen LogP contribution is -2.60. The minimum absolute atomic E-state index is 0.336. The van der Waals surface area contributed by atoms with Crippen LogP contribution in [0.5, 0.6) is 0 Å². The van der Waals surface area contributed by atoms with Gasteiger partial charge in [0.05, 0.1) is 5.41 Å². The van der Waals surface area contributed by atoms with E-state index in [9.17, 15) is 14.0 Å². The smallest absolute Gasteiger partial charge is 0.242 e. The van der Waals surface area contributed by atoms with Crippen LogP contribution in [0, 0.1) is 5.82 Å². The van der Waals surface area contributed by atoms with Gasteiger partial charge in [0.25, 0.3) is 0 Å². The van der Waals surface area contributed by atoms with E-state index in [2.05, 4.69) is 5.32 Å². The Morgan fingerprint density at radius 2 is 1.90 bits per heavy atom. The Bertz CT molecular complexity index is 551. The molecule has 1 aromatic carbocycles. The van der Waals surface area contributed by atoms with Crippen LogP contribution in [0.3, 0.4) is 0 Å². The summed E-state index contributed by atoms with van der Waals surface area (Å²) in [7, 11) is 0. The molecule has 20 heavy (non-hydrogen) atoms. The maximum Gasteiger partial charge on any atom is 0.242 e. The van der Waals surface area contributed by atoms with E-state index < -0.39 is 16.9 Å². The highest BCUT2D eigenvalue weighted by Gasteiger charge is 2.48. The molecule has 0 aliphatic heterocycles. The van der Waals surface area contributed by atoms with Crippen LogP contribution < -0.4 is 11.1 Å². The Morgan fingerprint density at radius 3 is 2.35 bits per heavy atom. The third kappa shape index (κ3) is 2.28. The lowest BCUT2D eigenvalue weighted by Gasteiger charge is -2.42. The Hall–Kier alpha value is -1.91. The van der Waals surface area contributed by atoms with E-state index in [0.717, 1.165) is 6.42 Å². The summed E-state index contributed by atoms with van der Waals surface area (Å²) in [5.74, 6) is -1.34. The topological polar surface area (TPSA) is 72.2 Å². The summed E-state index contributed by atoms with van der Waals surface area (Å²) >= 11 is 0. The molecule has 1 aliphatic carbocycles. The summed E-state index contributed by atoms with van der Waals surface area (Å²) < 4.78 is 14.0. The molecule has 1 fully saturated rings. The number of hydrogen-bond donors (Lipinski definition) is 2. The third-order valence-corrected chi connectivity index (χ3v) is 4.07. The monoisotopic (exact) mass is 278 g/mol. The van der Waals surface area contributed by atoms with Crippen molar-refractivity contribution in [2.24, 2.45) is 5.73 Å². The summed E-state index contributed by atoms with van der Waals surface area (Å²) in [6, 6.07) is 6.29. The molecule has 0 radical (unpaired) electrons. The van der Waals surface area contributed by atoms with E-state index >= 15 is 0 Å². The van der Waals surface area contributed by atoms with Gasteiger partial charge in [-0.3, -0.25) is 9.59 Å². The molecule has 0 heterocycles. The molecule has 0 spiro atoms. The van der Waals surface area contributed by atoms with Gasteiger partial charge < -0.3 is 11.1 Å². The van der Waals surface area contributed by atoms with Crippen LogP contribution in [0.25, 0.3) is 0 Å². The van der Waals surface area contributed by atoms with E-state index in [0.29, 0.717) is 18.4 Å². The SMILES string of the molecule is CC(C)(NC(=O)C1(c2ccccc2F)CCC1)C(N)=O. The number of rotatable bonds is 4. The molecule has 0 saturated heterocycles. The largest absolute Gasteiger partial charge is 0.368 e. The molecule has 0 atom stereocenters. The molecule has 1 saturated carbocycles. The maximum atomic E-state index is 14.0. The number of amides is 2. The molecule has 0 bridgehead atoms. The van der Waals surface area contributed by atoms with Crippen molar-refractivity contribution in [2.45, 2.75) is 44.1 Å². The normalized spacial score (nSPS) is 17.1. The number of benzene rings is 1. The second kappa shape index (κ2) is 4.89. The molecule has 4 nitrogen and oxygen atoms in total. The second-order valence-corrected chi connectivity index (χ2v) is 5.86. The predicted octanol–water partition coefficient (Wildman–Crippen LogP) is 1.63. The van der Waals surface area contributed by atoms with Gasteiger partial charge in [-0.2, -0.15) is 0 Å². The molecular weight excluding hydrogens is 259 g/mol. The second-order valence-electron chi connectivity index (χ2n) is 5.86. The lowest BCUT2D eigenvalue weighted by molar-refractivity contribution is -0.136. The minimum atomic E-state index is -1.15. The van der Waals surface area contributed by atoms with Crippen molar-refractivity contribution in [1.29, 1.82) is 0 Å². The van der Waals surface area contributed by atoms with Crippen molar-refractivity contribution < 1.29 is 14.0 Å². The van der Waals surface area contributed by atoms with Gasteiger partial charge in [0, 0.05) is 5.56 Å². The highest BCUT2D eigenvalue weighted by Crippen LogP contribution is 2.45. The van der Waals surface area contributed by atoms with Crippen LogP contribution in [-0.4, -0.2) is 17.4 Å². The Kier molecular flexibility index (Phi) is 3.54. The summed E-state index contributed by atoms with van der Waals surface area (Å²) in [6.45, 7) is 3.09. The average Bonchev–Trinajstić information content (AvgIpc) is 2.29. The molecule has 2 rings (SSSR count). The molecule has 108 valence electrons. The van der Waals surface area contributed by atoms with Crippen LogP contribution in [0.4, 0.5) is 4.39 Å². The van der Waals surface area contributed by atoms with Crippen LogP contribution in [0.15, 0.2) is 24.3 Å². The highest BCUT2D eigenvalue weighted by atomic mass is 19.1. The molecule has 2 amide bonds. The molecular formula is C15H19FN2O2. The first kappa shape index (κ1) is 14.5.